The molecule has 3 heterocycles. The van der Waals surface area contributed by atoms with Crippen LogP contribution in [-0.4, -0.2) is 50.9 Å². The van der Waals surface area contributed by atoms with Gasteiger partial charge < -0.3 is 5.32 Å². The summed E-state index contributed by atoms with van der Waals surface area (Å²) in [5.41, 5.74) is 1.34. The second-order valence-corrected chi connectivity index (χ2v) is 7.73. The van der Waals surface area contributed by atoms with Crippen LogP contribution in [0, 0.1) is 5.92 Å². The molecule has 2 aliphatic rings. The molecule has 0 bridgehead atoms. The first-order valence-electron chi connectivity index (χ1n) is 8.89. The standard InChI is InChI=1S/C18H23N5OS/c24-17(19-8-10-25-18-20-12-21-22-18)14-11-16(13-5-2-1-3-6-13)23-9-4-7-15(14)23/h1-3,5-6,12,14-16H,4,7-11H2,(H,19,24)(H,20,21,22)/t14-,15+,16-/m1/s1. The van der Waals surface area contributed by atoms with Crippen molar-refractivity contribution in [1.29, 1.82) is 0 Å². The van der Waals surface area contributed by atoms with Crippen molar-refractivity contribution in [3.05, 3.63) is 42.2 Å². The average molecular weight is 357 g/mol. The Bertz CT molecular complexity index is 693. The van der Waals surface area contributed by atoms with Gasteiger partial charge in [0.2, 0.25) is 5.91 Å². The molecule has 1 amide bonds. The highest BCUT2D eigenvalue weighted by Crippen LogP contribution is 2.44. The maximum Gasteiger partial charge on any atom is 0.224 e. The van der Waals surface area contributed by atoms with Crippen molar-refractivity contribution in [2.24, 2.45) is 5.92 Å². The number of carbonyl (C=O) groups excluding carboxylic acids is 1. The third-order valence-electron chi connectivity index (χ3n) is 5.24. The van der Waals surface area contributed by atoms with Gasteiger partial charge in [-0.2, -0.15) is 5.10 Å². The van der Waals surface area contributed by atoms with E-state index in [0.29, 0.717) is 18.6 Å². The third-order valence-corrected chi connectivity index (χ3v) is 6.12. The fourth-order valence-electron chi connectivity index (χ4n) is 4.17. The lowest BCUT2D eigenvalue weighted by Gasteiger charge is -2.24. The number of fused-ring (bicyclic) bond motifs is 1. The minimum atomic E-state index is 0.1000. The van der Waals surface area contributed by atoms with E-state index in [-0.39, 0.29) is 11.8 Å². The molecule has 4 rings (SSSR count). The minimum absolute atomic E-state index is 0.1000. The maximum atomic E-state index is 12.7. The molecule has 6 nitrogen and oxygen atoms in total. The molecule has 2 saturated heterocycles. The molecule has 0 saturated carbocycles. The molecule has 1 aromatic carbocycles. The summed E-state index contributed by atoms with van der Waals surface area (Å²) in [4.78, 5) is 19.4. The number of amides is 1. The Morgan fingerprint density at radius 3 is 3.04 bits per heavy atom. The quantitative estimate of drug-likeness (QED) is 0.613. The van der Waals surface area contributed by atoms with E-state index < -0.39 is 0 Å². The molecule has 0 aliphatic carbocycles. The first-order valence-corrected chi connectivity index (χ1v) is 9.88. The van der Waals surface area contributed by atoms with Crippen molar-refractivity contribution in [2.75, 3.05) is 18.8 Å². The molecule has 0 spiro atoms. The molecule has 2 fully saturated rings. The first kappa shape index (κ1) is 16.6. The van der Waals surface area contributed by atoms with Crippen LogP contribution in [0.15, 0.2) is 41.8 Å². The topological polar surface area (TPSA) is 73.9 Å². The van der Waals surface area contributed by atoms with E-state index in [1.807, 2.05) is 0 Å². The number of H-pyrrole nitrogens is 1. The highest BCUT2D eigenvalue weighted by atomic mass is 32.2. The zero-order valence-corrected chi connectivity index (χ0v) is 14.9. The molecule has 7 heteroatoms. The van der Waals surface area contributed by atoms with Crippen LogP contribution < -0.4 is 5.32 Å². The van der Waals surface area contributed by atoms with Gasteiger partial charge in [-0.3, -0.25) is 14.8 Å². The van der Waals surface area contributed by atoms with Gasteiger partial charge in [0.05, 0.1) is 5.92 Å². The van der Waals surface area contributed by atoms with Crippen molar-refractivity contribution in [3.63, 3.8) is 0 Å². The van der Waals surface area contributed by atoms with Gasteiger partial charge in [-0.25, -0.2) is 4.98 Å². The van der Waals surface area contributed by atoms with Crippen LogP contribution in [0.5, 0.6) is 0 Å². The van der Waals surface area contributed by atoms with Crippen LogP contribution in [0.4, 0.5) is 0 Å². The number of hydrogen-bond donors (Lipinski definition) is 2. The maximum absolute atomic E-state index is 12.7. The van der Waals surface area contributed by atoms with Gasteiger partial charge in [0.15, 0.2) is 5.16 Å². The largest absolute Gasteiger partial charge is 0.355 e. The van der Waals surface area contributed by atoms with E-state index in [0.717, 1.165) is 30.3 Å². The number of aromatic nitrogens is 3. The zero-order chi connectivity index (χ0) is 17.1. The smallest absolute Gasteiger partial charge is 0.224 e. The number of aromatic amines is 1. The molecular weight excluding hydrogens is 334 g/mol. The average Bonchev–Trinajstić information content (AvgIpc) is 3.36. The summed E-state index contributed by atoms with van der Waals surface area (Å²) in [7, 11) is 0. The van der Waals surface area contributed by atoms with E-state index in [4.69, 9.17) is 0 Å². The fourth-order valence-corrected chi connectivity index (χ4v) is 4.80. The second kappa shape index (κ2) is 7.58. The Hall–Kier alpha value is -1.86. The number of nitrogens with one attached hydrogen (secondary N) is 2. The highest BCUT2D eigenvalue weighted by molar-refractivity contribution is 7.99. The monoisotopic (exact) mass is 357 g/mol. The van der Waals surface area contributed by atoms with Crippen molar-refractivity contribution >= 4 is 17.7 Å². The van der Waals surface area contributed by atoms with Crippen LogP contribution >= 0.6 is 11.8 Å². The van der Waals surface area contributed by atoms with Crippen LogP contribution in [-0.2, 0) is 4.79 Å². The Morgan fingerprint density at radius 1 is 1.36 bits per heavy atom. The summed E-state index contributed by atoms with van der Waals surface area (Å²) in [6.07, 6.45) is 4.75. The van der Waals surface area contributed by atoms with Gasteiger partial charge in [0, 0.05) is 24.4 Å². The summed E-state index contributed by atoms with van der Waals surface area (Å²) in [5.74, 6) is 1.10. The van der Waals surface area contributed by atoms with E-state index >= 15 is 0 Å². The van der Waals surface area contributed by atoms with Crippen molar-refractivity contribution in [3.8, 4) is 0 Å². The number of nitrogens with zero attached hydrogens (tertiary/aromatic N) is 3. The molecule has 25 heavy (non-hydrogen) atoms. The van der Waals surface area contributed by atoms with E-state index in [9.17, 15) is 4.79 Å². The van der Waals surface area contributed by atoms with Gasteiger partial charge in [0.25, 0.3) is 0 Å². The lowest BCUT2D eigenvalue weighted by atomic mass is 9.93. The van der Waals surface area contributed by atoms with Crippen molar-refractivity contribution in [2.45, 2.75) is 36.5 Å². The summed E-state index contributed by atoms with van der Waals surface area (Å²) < 4.78 is 0. The Kier molecular flexibility index (Phi) is 5.03. The molecular formula is C18H23N5OS. The van der Waals surface area contributed by atoms with E-state index in [1.165, 1.54) is 18.3 Å². The molecule has 2 aromatic rings. The molecule has 3 atom stereocenters. The predicted molar refractivity (Wildman–Crippen MR) is 97.1 cm³/mol. The molecule has 1 aromatic heterocycles. The van der Waals surface area contributed by atoms with Gasteiger partial charge in [-0.1, -0.05) is 42.1 Å². The fraction of sp³-hybridized carbons (Fsp3) is 0.500. The number of thioether (sulfide) groups is 1. The van der Waals surface area contributed by atoms with Gasteiger partial charge in [0.1, 0.15) is 6.33 Å². The summed E-state index contributed by atoms with van der Waals surface area (Å²) in [6, 6.07) is 11.4. The minimum Gasteiger partial charge on any atom is -0.355 e. The van der Waals surface area contributed by atoms with Crippen LogP contribution in [0.1, 0.15) is 30.9 Å². The van der Waals surface area contributed by atoms with Crippen molar-refractivity contribution < 1.29 is 4.79 Å². The number of benzene rings is 1. The normalized spacial score (nSPS) is 25.8. The zero-order valence-electron chi connectivity index (χ0n) is 14.1. The third kappa shape index (κ3) is 3.57. The van der Waals surface area contributed by atoms with E-state index in [1.54, 1.807) is 11.8 Å². The summed E-state index contributed by atoms with van der Waals surface area (Å²) >= 11 is 1.57. The second-order valence-electron chi connectivity index (χ2n) is 6.65. The first-order chi connectivity index (χ1) is 12.3. The molecule has 132 valence electrons. The van der Waals surface area contributed by atoms with Crippen LogP contribution in [0.25, 0.3) is 0 Å². The number of hydrogen-bond acceptors (Lipinski definition) is 5. The van der Waals surface area contributed by atoms with Gasteiger partial charge in [-0.05, 0) is 31.4 Å². The Labute approximate surface area is 151 Å². The Balaban J connectivity index is 1.34. The molecule has 2 aliphatic heterocycles. The van der Waals surface area contributed by atoms with Crippen molar-refractivity contribution in [1.82, 2.24) is 25.4 Å². The van der Waals surface area contributed by atoms with Gasteiger partial charge >= 0.3 is 0 Å². The molecule has 0 unspecified atom stereocenters. The van der Waals surface area contributed by atoms with Crippen LogP contribution in [0.3, 0.4) is 0 Å². The Morgan fingerprint density at radius 2 is 2.24 bits per heavy atom. The SMILES string of the molecule is O=C(NCCSc1ncn[nH]1)[C@@H]1C[C@H](c2ccccc2)N2CCC[C@@H]12. The highest BCUT2D eigenvalue weighted by Gasteiger charge is 2.46. The van der Waals surface area contributed by atoms with Crippen LogP contribution in [0.2, 0.25) is 0 Å². The number of rotatable bonds is 6. The van der Waals surface area contributed by atoms with Gasteiger partial charge in [-0.15, -0.1) is 0 Å². The number of carbonyl (C=O) groups is 1. The van der Waals surface area contributed by atoms with E-state index in [2.05, 4.69) is 55.7 Å². The molecule has 0 radical (unpaired) electrons. The lowest BCUT2D eigenvalue weighted by Crippen LogP contribution is -2.38. The summed E-state index contributed by atoms with van der Waals surface area (Å²) in [6.45, 7) is 1.76. The lowest BCUT2D eigenvalue weighted by molar-refractivity contribution is -0.125. The summed E-state index contributed by atoms with van der Waals surface area (Å²) in [5, 5.41) is 10.6. The predicted octanol–water partition coefficient (Wildman–Crippen LogP) is 2.24. The molecule has 2 N–H and O–H groups in total.